The van der Waals surface area contributed by atoms with E-state index in [2.05, 4.69) is 21.1 Å². The molecule has 0 aliphatic carbocycles. The fraction of sp³-hybridized carbons (Fsp3) is 0.250. The number of nitrogens with two attached hydrogens (primary N) is 1. The Hall–Kier alpha value is -1.83. The first-order valence-electron chi connectivity index (χ1n) is 9.09. The van der Waals surface area contributed by atoms with Gasteiger partial charge in [0.05, 0.1) is 11.3 Å². The second kappa shape index (κ2) is 8.73. The third kappa shape index (κ3) is 5.07. The first kappa shape index (κ1) is 22.8. The van der Waals surface area contributed by atoms with Gasteiger partial charge in [0, 0.05) is 23.8 Å². The summed E-state index contributed by atoms with van der Waals surface area (Å²) in [6.07, 6.45) is 1.48. The third-order valence-corrected chi connectivity index (χ3v) is 6.91. The quantitative estimate of drug-likeness (QED) is 0.386. The van der Waals surface area contributed by atoms with Crippen molar-refractivity contribution in [2.24, 2.45) is 5.14 Å². The zero-order valence-electron chi connectivity index (χ0n) is 16.1. The van der Waals surface area contributed by atoms with Crippen LogP contribution in [0.2, 0.25) is 5.02 Å². The average Bonchev–Trinajstić information content (AvgIpc) is 2.68. The fourth-order valence-corrected chi connectivity index (χ4v) is 4.72. The minimum Gasteiger partial charge on any atom is -0.326 e. The Labute approximate surface area is 182 Å². The lowest BCUT2D eigenvalue weighted by Crippen LogP contribution is -2.42. The summed E-state index contributed by atoms with van der Waals surface area (Å²) >= 11 is 6.10. The number of alkyl halides is 1. The van der Waals surface area contributed by atoms with Gasteiger partial charge >= 0.3 is 0 Å². The van der Waals surface area contributed by atoms with Crippen LogP contribution in [-0.2, 0) is 34.2 Å². The lowest BCUT2D eigenvalue weighted by molar-refractivity contribution is -0.115. The lowest BCUT2D eigenvalue weighted by atomic mass is 9.98. The van der Waals surface area contributed by atoms with Crippen LogP contribution in [0, 0.1) is 0 Å². The van der Waals surface area contributed by atoms with Gasteiger partial charge in [-0.3, -0.25) is 9.69 Å². The molecule has 10 heteroatoms. The van der Waals surface area contributed by atoms with E-state index in [1.807, 2.05) is 0 Å². The molecule has 2 aromatic carbocycles. The maximum Gasteiger partial charge on any atom is 0.238 e. The van der Waals surface area contributed by atoms with Gasteiger partial charge in [0.2, 0.25) is 15.9 Å². The van der Waals surface area contributed by atoms with E-state index in [-0.39, 0.29) is 29.5 Å². The molecular weight excluding hydrogens is 448 g/mol. The van der Waals surface area contributed by atoms with Crippen molar-refractivity contribution in [2.45, 2.75) is 29.8 Å². The molecule has 0 radical (unpaired) electrons. The van der Waals surface area contributed by atoms with E-state index in [1.165, 1.54) is 17.0 Å². The highest BCUT2D eigenvalue weighted by atomic mass is 35.5. The van der Waals surface area contributed by atoms with Gasteiger partial charge in [0.1, 0.15) is 0 Å². The molecule has 1 aliphatic rings. The SMILES string of the molecule is C=CC(F)(P)N1CCc2c(cc(NC(=O)Cc3ccccc3Cl)cc2S(N)(=O)=O)C1. The molecule has 160 valence electrons. The van der Waals surface area contributed by atoms with Crippen LogP contribution in [0.1, 0.15) is 16.7 Å². The van der Waals surface area contributed by atoms with Crippen molar-refractivity contribution in [2.75, 3.05) is 11.9 Å². The van der Waals surface area contributed by atoms with E-state index < -0.39 is 15.6 Å². The minimum atomic E-state index is -4.04. The van der Waals surface area contributed by atoms with Crippen molar-refractivity contribution in [3.63, 3.8) is 0 Å². The van der Waals surface area contributed by atoms with Crippen LogP contribution in [0.15, 0.2) is 53.9 Å². The summed E-state index contributed by atoms with van der Waals surface area (Å²) in [5.41, 5.74) is 0.185. The lowest BCUT2D eigenvalue weighted by Gasteiger charge is -2.36. The molecule has 0 saturated heterocycles. The van der Waals surface area contributed by atoms with Gasteiger partial charge < -0.3 is 5.32 Å². The first-order chi connectivity index (χ1) is 14.0. The van der Waals surface area contributed by atoms with E-state index in [9.17, 15) is 17.6 Å². The largest absolute Gasteiger partial charge is 0.326 e. The molecule has 1 aliphatic heterocycles. The van der Waals surface area contributed by atoms with Gasteiger partial charge in [-0.25, -0.2) is 17.9 Å². The number of nitrogens with zero attached hydrogens (tertiary/aromatic N) is 1. The number of fused-ring (bicyclic) bond motifs is 1. The van der Waals surface area contributed by atoms with Crippen LogP contribution in [0.3, 0.4) is 0 Å². The van der Waals surface area contributed by atoms with E-state index >= 15 is 0 Å². The number of benzene rings is 2. The van der Waals surface area contributed by atoms with Crippen LogP contribution in [-0.4, -0.2) is 31.3 Å². The van der Waals surface area contributed by atoms with Crippen LogP contribution < -0.4 is 10.5 Å². The molecular formula is C20H22ClFN3O3PS. The molecule has 2 aromatic rings. The summed E-state index contributed by atoms with van der Waals surface area (Å²) in [7, 11) is -1.94. The number of carbonyl (C=O) groups excluding carboxylic acids is 1. The Balaban J connectivity index is 1.92. The number of nitrogens with one attached hydrogen (secondary N) is 1. The Bertz CT molecular complexity index is 1110. The standard InChI is InChI=1S/C20H22ClFN3O3PS/c1-2-20(22,29)25-8-7-16-14(12-25)9-15(11-18(16)30(23,27)28)24-19(26)10-13-5-3-4-6-17(13)21/h2-6,9,11H,1,7-8,10,12,29H2,(H,24,26)(H2,23,27,28). The summed E-state index contributed by atoms with van der Waals surface area (Å²) in [6.45, 7) is 3.93. The van der Waals surface area contributed by atoms with Crippen molar-refractivity contribution >= 4 is 42.5 Å². The molecule has 0 saturated carbocycles. The number of rotatable bonds is 6. The Morgan fingerprint density at radius 2 is 2.10 bits per heavy atom. The molecule has 3 N–H and O–H groups in total. The van der Waals surface area contributed by atoms with Crippen LogP contribution in [0.4, 0.5) is 10.1 Å². The molecule has 0 spiro atoms. The van der Waals surface area contributed by atoms with E-state index in [0.29, 0.717) is 34.7 Å². The number of primary sulfonamides is 1. The van der Waals surface area contributed by atoms with Gasteiger partial charge in [-0.05, 0) is 47.4 Å². The number of anilines is 1. The second-order valence-electron chi connectivity index (χ2n) is 7.08. The number of hydrogen-bond donors (Lipinski definition) is 2. The highest BCUT2D eigenvalue weighted by Gasteiger charge is 2.33. The summed E-state index contributed by atoms with van der Waals surface area (Å²) in [5.74, 6) is -0.368. The van der Waals surface area contributed by atoms with Gasteiger partial charge in [-0.15, -0.1) is 0 Å². The van der Waals surface area contributed by atoms with E-state index in [1.54, 1.807) is 30.3 Å². The predicted octanol–water partition coefficient (Wildman–Crippen LogP) is 3.21. The van der Waals surface area contributed by atoms with Crippen LogP contribution in [0.5, 0.6) is 0 Å². The Kier molecular flexibility index (Phi) is 6.65. The summed E-state index contributed by atoms with van der Waals surface area (Å²) in [4.78, 5) is 13.9. The Morgan fingerprint density at radius 1 is 1.40 bits per heavy atom. The molecule has 2 unspecified atom stereocenters. The number of sulfonamides is 1. The van der Waals surface area contributed by atoms with Gasteiger partial charge in [0.15, 0.2) is 5.53 Å². The molecule has 30 heavy (non-hydrogen) atoms. The Morgan fingerprint density at radius 3 is 2.73 bits per heavy atom. The monoisotopic (exact) mass is 469 g/mol. The fourth-order valence-electron chi connectivity index (χ4n) is 3.43. The molecule has 6 nitrogen and oxygen atoms in total. The van der Waals surface area contributed by atoms with Crippen molar-refractivity contribution in [1.29, 1.82) is 0 Å². The molecule has 2 atom stereocenters. The molecule has 0 bridgehead atoms. The first-order valence-corrected chi connectivity index (χ1v) is 11.6. The summed E-state index contributed by atoms with van der Waals surface area (Å²) < 4.78 is 39.0. The molecule has 0 fully saturated rings. The zero-order chi connectivity index (χ0) is 22.1. The molecule has 1 heterocycles. The number of halogens is 2. The molecule has 0 aromatic heterocycles. The smallest absolute Gasteiger partial charge is 0.238 e. The zero-order valence-corrected chi connectivity index (χ0v) is 18.8. The number of amides is 1. The van der Waals surface area contributed by atoms with Crippen molar-refractivity contribution < 1.29 is 17.6 Å². The highest BCUT2D eigenvalue weighted by molar-refractivity contribution is 7.89. The number of hydrogen-bond acceptors (Lipinski definition) is 4. The van der Waals surface area contributed by atoms with E-state index in [4.69, 9.17) is 16.7 Å². The molecule has 1 amide bonds. The average molecular weight is 470 g/mol. The van der Waals surface area contributed by atoms with Crippen molar-refractivity contribution in [3.05, 3.63) is 70.8 Å². The van der Waals surface area contributed by atoms with Crippen molar-refractivity contribution in [3.8, 4) is 0 Å². The normalized spacial score (nSPS) is 16.4. The van der Waals surface area contributed by atoms with E-state index in [0.717, 1.165) is 0 Å². The number of carbonyl (C=O) groups is 1. The molecule has 3 rings (SSSR count). The van der Waals surface area contributed by atoms with Gasteiger partial charge in [-0.2, -0.15) is 0 Å². The second-order valence-corrected chi connectivity index (χ2v) is 9.82. The topological polar surface area (TPSA) is 92.5 Å². The maximum atomic E-state index is 14.7. The predicted molar refractivity (Wildman–Crippen MR) is 119 cm³/mol. The summed E-state index contributed by atoms with van der Waals surface area (Å²) in [6, 6.07) is 9.93. The van der Waals surface area contributed by atoms with Crippen molar-refractivity contribution in [1.82, 2.24) is 4.90 Å². The van der Waals surface area contributed by atoms with Gasteiger partial charge in [0.25, 0.3) is 0 Å². The minimum absolute atomic E-state index is 0.0171. The summed E-state index contributed by atoms with van der Waals surface area (Å²) in [5, 5.41) is 8.56. The highest BCUT2D eigenvalue weighted by Crippen LogP contribution is 2.35. The van der Waals surface area contributed by atoms with Gasteiger partial charge in [-0.1, -0.05) is 45.6 Å². The third-order valence-electron chi connectivity index (χ3n) is 4.96. The maximum absolute atomic E-state index is 14.7. The van der Waals surface area contributed by atoms with Crippen LogP contribution in [0.25, 0.3) is 0 Å². The van der Waals surface area contributed by atoms with Crippen LogP contribution >= 0.6 is 20.8 Å².